The summed E-state index contributed by atoms with van der Waals surface area (Å²) in [5.41, 5.74) is -0.610. The molecule has 0 amide bonds. The molecule has 1 aliphatic heterocycles. The zero-order valence-corrected chi connectivity index (χ0v) is 12.9. The van der Waals surface area contributed by atoms with Gasteiger partial charge in [0, 0.05) is 25.9 Å². The second kappa shape index (κ2) is 6.63. The minimum Gasteiger partial charge on any atom is -0.468 e. The largest absolute Gasteiger partial charge is 0.468 e. The molecule has 1 N–H and O–H groups in total. The van der Waals surface area contributed by atoms with Gasteiger partial charge in [-0.15, -0.1) is 0 Å². The SMILES string of the molecule is COC(=O)C(COCC1CCOCC1)(NC1CC1)C1CC1. The number of carbonyl (C=O) groups is 1. The third-order valence-corrected chi connectivity index (χ3v) is 4.89. The lowest BCUT2D eigenvalue weighted by molar-refractivity contribution is -0.153. The first-order valence-electron chi connectivity index (χ1n) is 8.26. The predicted molar refractivity (Wildman–Crippen MR) is 78.0 cm³/mol. The molecule has 0 aromatic heterocycles. The zero-order valence-electron chi connectivity index (χ0n) is 12.9. The number of rotatable bonds is 8. The van der Waals surface area contributed by atoms with Crippen LogP contribution in [0.4, 0.5) is 0 Å². The summed E-state index contributed by atoms with van der Waals surface area (Å²) in [6.45, 7) is 2.83. The number of hydrogen-bond acceptors (Lipinski definition) is 5. The second-order valence-corrected chi connectivity index (χ2v) is 6.73. The number of carbonyl (C=O) groups excluding carboxylic acids is 1. The standard InChI is InChI=1S/C16H27NO4/c1-19-15(18)16(13-2-3-13,17-14-4-5-14)11-21-10-12-6-8-20-9-7-12/h12-14,17H,2-11H2,1H3. The van der Waals surface area contributed by atoms with Gasteiger partial charge in [0.05, 0.1) is 13.7 Å². The highest BCUT2D eigenvalue weighted by Gasteiger charge is 2.54. The minimum absolute atomic E-state index is 0.149. The van der Waals surface area contributed by atoms with Crippen molar-refractivity contribution in [1.82, 2.24) is 5.32 Å². The van der Waals surface area contributed by atoms with E-state index >= 15 is 0 Å². The maximum absolute atomic E-state index is 12.4. The van der Waals surface area contributed by atoms with Crippen LogP contribution in [0, 0.1) is 11.8 Å². The molecule has 21 heavy (non-hydrogen) atoms. The maximum Gasteiger partial charge on any atom is 0.328 e. The molecule has 3 fully saturated rings. The van der Waals surface area contributed by atoms with Crippen molar-refractivity contribution in [2.75, 3.05) is 33.5 Å². The molecular weight excluding hydrogens is 270 g/mol. The monoisotopic (exact) mass is 297 g/mol. The van der Waals surface area contributed by atoms with E-state index in [1.54, 1.807) is 0 Å². The number of hydrogen-bond donors (Lipinski definition) is 1. The Morgan fingerprint density at radius 1 is 1.19 bits per heavy atom. The van der Waals surface area contributed by atoms with Gasteiger partial charge in [-0.2, -0.15) is 0 Å². The molecule has 1 atom stereocenters. The lowest BCUT2D eigenvalue weighted by atomic mass is 9.93. The van der Waals surface area contributed by atoms with Crippen LogP contribution >= 0.6 is 0 Å². The number of methoxy groups -OCH3 is 1. The van der Waals surface area contributed by atoms with Gasteiger partial charge in [-0.3, -0.25) is 5.32 Å². The molecule has 2 aliphatic carbocycles. The van der Waals surface area contributed by atoms with Crippen LogP contribution in [0.15, 0.2) is 0 Å². The summed E-state index contributed by atoms with van der Waals surface area (Å²) in [5.74, 6) is 0.790. The van der Waals surface area contributed by atoms with E-state index in [2.05, 4.69) is 5.32 Å². The highest BCUT2D eigenvalue weighted by Crippen LogP contribution is 2.42. The van der Waals surface area contributed by atoms with Gasteiger partial charge in [0.2, 0.25) is 0 Å². The molecule has 0 aromatic rings. The Morgan fingerprint density at radius 2 is 1.90 bits per heavy atom. The van der Waals surface area contributed by atoms with Gasteiger partial charge in [-0.05, 0) is 50.4 Å². The average molecular weight is 297 g/mol. The fraction of sp³-hybridized carbons (Fsp3) is 0.938. The van der Waals surface area contributed by atoms with Crippen molar-refractivity contribution in [3.63, 3.8) is 0 Å². The van der Waals surface area contributed by atoms with Crippen LogP contribution in [-0.4, -0.2) is 51.1 Å². The Labute approximate surface area is 126 Å². The molecule has 0 bridgehead atoms. The molecule has 5 nitrogen and oxygen atoms in total. The molecule has 0 spiro atoms. The van der Waals surface area contributed by atoms with Crippen molar-refractivity contribution in [3.05, 3.63) is 0 Å². The van der Waals surface area contributed by atoms with Crippen LogP contribution in [-0.2, 0) is 19.0 Å². The van der Waals surface area contributed by atoms with Gasteiger partial charge >= 0.3 is 5.97 Å². The van der Waals surface area contributed by atoms with Crippen LogP contribution in [0.25, 0.3) is 0 Å². The van der Waals surface area contributed by atoms with Crippen molar-refractivity contribution >= 4 is 5.97 Å². The quantitative estimate of drug-likeness (QED) is 0.688. The van der Waals surface area contributed by atoms with Crippen LogP contribution in [0.5, 0.6) is 0 Å². The van der Waals surface area contributed by atoms with Crippen LogP contribution in [0.2, 0.25) is 0 Å². The lowest BCUT2D eigenvalue weighted by Gasteiger charge is -2.33. The third kappa shape index (κ3) is 3.76. The summed E-state index contributed by atoms with van der Waals surface area (Å²) in [5, 5.41) is 3.53. The van der Waals surface area contributed by atoms with Crippen LogP contribution < -0.4 is 5.32 Å². The average Bonchev–Trinajstić information content (AvgIpc) is 3.39. The maximum atomic E-state index is 12.4. The Morgan fingerprint density at radius 3 is 2.48 bits per heavy atom. The lowest BCUT2D eigenvalue weighted by Crippen LogP contribution is -2.59. The van der Waals surface area contributed by atoms with Gasteiger partial charge in [0.1, 0.15) is 5.54 Å². The van der Waals surface area contributed by atoms with E-state index in [9.17, 15) is 4.79 Å². The van der Waals surface area contributed by atoms with Crippen molar-refractivity contribution in [2.45, 2.75) is 50.1 Å². The van der Waals surface area contributed by atoms with Gasteiger partial charge in [-0.25, -0.2) is 4.79 Å². The van der Waals surface area contributed by atoms with Crippen LogP contribution in [0.1, 0.15) is 38.5 Å². The van der Waals surface area contributed by atoms with Gasteiger partial charge in [0.25, 0.3) is 0 Å². The van der Waals surface area contributed by atoms with Gasteiger partial charge in [-0.1, -0.05) is 0 Å². The predicted octanol–water partition coefficient (Wildman–Crippen LogP) is 1.50. The highest BCUT2D eigenvalue weighted by atomic mass is 16.5. The summed E-state index contributed by atoms with van der Waals surface area (Å²) >= 11 is 0. The summed E-state index contributed by atoms with van der Waals surface area (Å²) in [7, 11) is 1.48. The van der Waals surface area contributed by atoms with Crippen molar-refractivity contribution < 1.29 is 19.0 Å². The van der Waals surface area contributed by atoms with Gasteiger partial charge < -0.3 is 14.2 Å². The number of ether oxygens (including phenoxy) is 3. The van der Waals surface area contributed by atoms with E-state index in [1.165, 1.54) is 7.11 Å². The van der Waals surface area contributed by atoms with E-state index < -0.39 is 5.54 Å². The molecule has 0 radical (unpaired) electrons. The number of esters is 1. The van der Waals surface area contributed by atoms with E-state index in [4.69, 9.17) is 14.2 Å². The first-order valence-corrected chi connectivity index (χ1v) is 8.26. The third-order valence-electron chi connectivity index (χ3n) is 4.89. The molecule has 0 aromatic carbocycles. The Hall–Kier alpha value is -0.650. The van der Waals surface area contributed by atoms with Crippen molar-refractivity contribution in [2.24, 2.45) is 11.8 Å². The van der Waals surface area contributed by atoms with E-state index in [0.717, 1.165) is 58.3 Å². The van der Waals surface area contributed by atoms with Crippen molar-refractivity contribution in [3.8, 4) is 0 Å². The summed E-state index contributed by atoms with van der Waals surface area (Å²) in [6, 6.07) is 0.469. The molecule has 120 valence electrons. The molecule has 1 heterocycles. The Kier molecular flexibility index (Phi) is 4.82. The second-order valence-electron chi connectivity index (χ2n) is 6.73. The molecule has 5 heteroatoms. The summed E-state index contributed by atoms with van der Waals surface area (Å²) in [4.78, 5) is 12.4. The smallest absolute Gasteiger partial charge is 0.328 e. The molecule has 3 aliphatic rings. The first-order chi connectivity index (χ1) is 10.2. The molecule has 1 unspecified atom stereocenters. The molecule has 2 saturated carbocycles. The van der Waals surface area contributed by atoms with E-state index in [1.807, 2.05) is 0 Å². The summed E-state index contributed by atoms with van der Waals surface area (Å²) < 4.78 is 16.4. The fourth-order valence-electron chi connectivity index (χ4n) is 3.21. The highest BCUT2D eigenvalue weighted by molar-refractivity contribution is 5.82. The van der Waals surface area contributed by atoms with Crippen molar-refractivity contribution in [1.29, 1.82) is 0 Å². The first kappa shape index (κ1) is 15.3. The Bertz CT molecular complexity index is 361. The van der Waals surface area contributed by atoms with Crippen LogP contribution in [0.3, 0.4) is 0 Å². The molecule has 1 saturated heterocycles. The number of nitrogens with one attached hydrogen (secondary N) is 1. The normalized spacial score (nSPS) is 26.3. The molecule has 3 rings (SSSR count). The Balaban J connectivity index is 1.56. The fourth-order valence-corrected chi connectivity index (χ4v) is 3.21. The van der Waals surface area contributed by atoms with Gasteiger partial charge in [0.15, 0.2) is 0 Å². The van der Waals surface area contributed by atoms with E-state index in [-0.39, 0.29) is 5.97 Å². The molecular formula is C16H27NO4. The summed E-state index contributed by atoms with van der Waals surface area (Å²) in [6.07, 6.45) is 6.62. The minimum atomic E-state index is -0.610. The topological polar surface area (TPSA) is 56.8 Å². The zero-order chi connectivity index (χ0) is 14.7. The van der Waals surface area contributed by atoms with E-state index in [0.29, 0.717) is 24.5 Å².